The van der Waals surface area contributed by atoms with Crippen LogP contribution in [0.2, 0.25) is 0 Å². The largest absolute Gasteiger partial charge is 0.343 e. The second-order valence-corrected chi connectivity index (χ2v) is 10.2. The van der Waals surface area contributed by atoms with Crippen molar-refractivity contribution >= 4 is 16.8 Å². The van der Waals surface area contributed by atoms with Crippen LogP contribution in [-0.2, 0) is 24.9 Å². The topological polar surface area (TPSA) is 72.2 Å². The van der Waals surface area contributed by atoms with Gasteiger partial charge in [-0.3, -0.25) is 14.6 Å². The summed E-state index contributed by atoms with van der Waals surface area (Å²) in [6.45, 7) is 2.83. The van der Waals surface area contributed by atoms with E-state index >= 15 is 0 Å². The Morgan fingerprint density at radius 2 is 2.00 bits per heavy atom. The molecule has 1 aromatic carbocycles. The molecule has 198 valence electrons. The molecule has 1 aliphatic carbocycles. The predicted octanol–water partition coefficient (Wildman–Crippen LogP) is 4.10. The first-order valence-electron chi connectivity index (χ1n) is 13.3. The number of piperidine rings is 1. The number of carbonyl (C=O) groups excluding carboxylic acids is 1. The number of aryl methyl sites for hydroxylation is 1. The Bertz CT molecular complexity index is 1440. The SMILES string of the molecule is Cn1ccccc1=O.O=C(C1CCCNC1)N(Cc1cn(Cc2cccnc2)c2cccc(F)c12)C1CC1. The summed E-state index contributed by atoms with van der Waals surface area (Å²) in [5.74, 6) is 0.0251. The highest BCUT2D eigenvalue weighted by atomic mass is 19.1. The lowest BCUT2D eigenvalue weighted by Gasteiger charge is -2.29. The average Bonchev–Trinajstić information content (AvgIpc) is 3.73. The minimum Gasteiger partial charge on any atom is -0.343 e. The molecule has 0 bridgehead atoms. The standard InChI is InChI=1S/C24H27FN4O.C6H7NO/c25-21-6-1-7-22-23(21)19(15-28(22)14-17-4-2-10-26-12-17)16-29(20-8-9-20)24(30)18-5-3-11-27-13-18;1-7-5-3-2-4-6(7)8/h1-2,4,6-7,10,12,15,18,20,27H,3,5,8-9,11,13-14,16H2;2-5H,1H3. The van der Waals surface area contributed by atoms with Gasteiger partial charge in [0.1, 0.15) is 5.82 Å². The van der Waals surface area contributed by atoms with Crippen LogP contribution in [0.3, 0.4) is 0 Å². The van der Waals surface area contributed by atoms with Gasteiger partial charge in [0.25, 0.3) is 0 Å². The van der Waals surface area contributed by atoms with Crippen molar-refractivity contribution in [2.75, 3.05) is 13.1 Å². The fourth-order valence-corrected chi connectivity index (χ4v) is 5.09. The van der Waals surface area contributed by atoms with Crippen molar-refractivity contribution in [1.82, 2.24) is 24.3 Å². The van der Waals surface area contributed by atoms with Gasteiger partial charge in [-0.15, -0.1) is 0 Å². The molecular weight excluding hydrogens is 481 g/mol. The minimum atomic E-state index is -0.227. The first-order valence-corrected chi connectivity index (χ1v) is 13.3. The first-order chi connectivity index (χ1) is 18.5. The van der Waals surface area contributed by atoms with E-state index in [4.69, 9.17) is 0 Å². The lowest BCUT2D eigenvalue weighted by molar-refractivity contribution is -0.137. The molecule has 1 saturated heterocycles. The van der Waals surface area contributed by atoms with Crippen molar-refractivity contribution in [1.29, 1.82) is 0 Å². The van der Waals surface area contributed by atoms with Crippen molar-refractivity contribution in [3.63, 3.8) is 0 Å². The summed E-state index contributed by atoms with van der Waals surface area (Å²) in [7, 11) is 1.72. The van der Waals surface area contributed by atoms with Crippen LogP contribution < -0.4 is 10.9 Å². The number of amides is 1. The second kappa shape index (κ2) is 11.7. The van der Waals surface area contributed by atoms with Crippen LogP contribution >= 0.6 is 0 Å². The van der Waals surface area contributed by atoms with Crippen LogP contribution in [0.25, 0.3) is 10.9 Å². The summed E-state index contributed by atoms with van der Waals surface area (Å²) in [4.78, 5) is 30.1. The third-order valence-corrected chi connectivity index (χ3v) is 7.27. The Kier molecular flexibility index (Phi) is 7.98. The van der Waals surface area contributed by atoms with Gasteiger partial charge in [-0.05, 0) is 67.6 Å². The van der Waals surface area contributed by atoms with Gasteiger partial charge in [-0.25, -0.2) is 4.39 Å². The Balaban J connectivity index is 0.000000316. The van der Waals surface area contributed by atoms with Crippen LogP contribution in [0.5, 0.6) is 0 Å². The van der Waals surface area contributed by atoms with Gasteiger partial charge >= 0.3 is 0 Å². The van der Waals surface area contributed by atoms with E-state index in [1.807, 2.05) is 41.6 Å². The van der Waals surface area contributed by atoms with Crippen molar-refractivity contribution in [2.24, 2.45) is 13.0 Å². The molecule has 1 aliphatic heterocycles. The van der Waals surface area contributed by atoms with E-state index < -0.39 is 0 Å². The fourth-order valence-electron chi connectivity index (χ4n) is 5.09. The lowest BCUT2D eigenvalue weighted by Crippen LogP contribution is -2.43. The molecule has 4 heterocycles. The Morgan fingerprint density at radius 1 is 1.13 bits per heavy atom. The summed E-state index contributed by atoms with van der Waals surface area (Å²) >= 11 is 0. The molecule has 1 N–H and O–H groups in total. The van der Waals surface area contributed by atoms with E-state index in [2.05, 4.69) is 14.9 Å². The molecule has 2 aliphatic rings. The number of carbonyl (C=O) groups is 1. The van der Waals surface area contributed by atoms with Gasteiger partial charge in [0.2, 0.25) is 11.5 Å². The number of hydrogen-bond donors (Lipinski definition) is 1. The molecule has 7 nitrogen and oxygen atoms in total. The van der Waals surface area contributed by atoms with Gasteiger partial charge in [-0.2, -0.15) is 0 Å². The van der Waals surface area contributed by atoms with E-state index in [0.29, 0.717) is 24.5 Å². The van der Waals surface area contributed by atoms with Crippen molar-refractivity contribution in [3.8, 4) is 0 Å². The van der Waals surface area contributed by atoms with Crippen LogP contribution in [0.1, 0.15) is 36.8 Å². The molecule has 3 aromatic heterocycles. The Hall–Kier alpha value is -3.78. The number of hydrogen-bond acceptors (Lipinski definition) is 4. The summed E-state index contributed by atoms with van der Waals surface area (Å²) in [6, 6.07) is 14.5. The number of pyridine rings is 2. The Morgan fingerprint density at radius 3 is 2.66 bits per heavy atom. The monoisotopic (exact) mass is 515 g/mol. The summed E-state index contributed by atoms with van der Waals surface area (Å²) < 4.78 is 18.5. The van der Waals surface area contributed by atoms with Gasteiger partial charge in [0.05, 0.1) is 11.4 Å². The maximum Gasteiger partial charge on any atom is 0.250 e. The number of rotatable bonds is 6. The third-order valence-electron chi connectivity index (χ3n) is 7.27. The number of benzene rings is 1. The molecule has 1 unspecified atom stereocenters. The van der Waals surface area contributed by atoms with Crippen LogP contribution in [0, 0.1) is 11.7 Å². The van der Waals surface area contributed by atoms with Crippen molar-refractivity contribution in [3.05, 3.63) is 101 Å². The molecular formula is C30H34FN5O2. The van der Waals surface area contributed by atoms with E-state index in [-0.39, 0.29) is 23.2 Å². The number of aromatic nitrogens is 3. The number of nitrogens with zero attached hydrogens (tertiary/aromatic N) is 4. The first kappa shape index (κ1) is 25.9. The lowest BCUT2D eigenvalue weighted by atomic mass is 9.97. The summed E-state index contributed by atoms with van der Waals surface area (Å²) in [5, 5.41) is 3.97. The number of fused-ring (bicyclic) bond motifs is 1. The summed E-state index contributed by atoms with van der Waals surface area (Å²) in [6.07, 6.45) is 11.4. The van der Waals surface area contributed by atoms with Crippen molar-refractivity contribution in [2.45, 2.75) is 44.8 Å². The second-order valence-electron chi connectivity index (χ2n) is 10.2. The molecule has 6 rings (SSSR count). The van der Waals surface area contributed by atoms with E-state index in [0.717, 1.165) is 55.4 Å². The highest BCUT2D eigenvalue weighted by molar-refractivity contribution is 5.86. The molecule has 1 amide bonds. The third kappa shape index (κ3) is 6.02. The van der Waals surface area contributed by atoms with E-state index in [1.54, 1.807) is 31.6 Å². The van der Waals surface area contributed by atoms with Crippen LogP contribution in [0.4, 0.5) is 4.39 Å². The average molecular weight is 516 g/mol. The maximum atomic E-state index is 14.9. The smallest absolute Gasteiger partial charge is 0.250 e. The molecule has 1 saturated carbocycles. The highest BCUT2D eigenvalue weighted by Crippen LogP contribution is 2.33. The fraction of sp³-hybridized carbons (Fsp3) is 0.367. The number of halogens is 1. The zero-order chi connectivity index (χ0) is 26.5. The van der Waals surface area contributed by atoms with Crippen LogP contribution in [0.15, 0.2) is 78.1 Å². The zero-order valence-electron chi connectivity index (χ0n) is 21.7. The van der Waals surface area contributed by atoms with Crippen LogP contribution in [-0.4, -0.2) is 44.1 Å². The predicted molar refractivity (Wildman–Crippen MR) is 146 cm³/mol. The molecule has 1 atom stereocenters. The maximum absolute atomic E-state index is 14.9. The summed E-state index contributed by atoms with van der Waals surface area (Å²) in [5.41, 5.74) is 2.84. The number of nitrogens with one attached hydrogen (secondary N) is 1. The van der Waals surface area contributed by atoms with Gasteiger partial charge in [-0.1, -0.05) is 18.2 Å². The van der Waals surface area contributed by atoms with Crippen molar-refractivity contribution < 1.29 is 9.18 Å². The molecule has 2 fully saturated rings. The molecule has 0 radical (unpaired) electrons. The normalized spacial score (nSPS) is 17.1. The highest BCUT2D eigenvalue weighted by Gasteiger charge is 2.36. The quantitative estimate of drug-likeness (QED) is 0.420. The molecule has 4 aromatic rings. The molecule has 8 heteroatoms. The van der Waals surface area contributed by atoms with Gasteiger partial charge in [0.15, 0.2) is 0 Å². The van der Waals surface area contributed by atoms with E-state index in [1.165, 1.54) is 16.7 Å². The van der Waals surface area contributed by atoms with Gasteiger partial charge < -0.3 is 19.4 Å². The van der Waals surface area contributed by atoms with E-state index in [9.17, 15) is 14.0 Å². The molecule has 38 heavy (non-hydrogen) atoms. The van der Waals surface area contributed by atoms with Gasteiger partial charge in [0, 0.05) is 69.0 Å². The zero-order valence-corrected chi connectivity index (χ0v) is 21.7. The minimum absolute atomic E-state index is 0.0347. The Labute approximate surface area is 221 Å². The molecule has 0 spiro atoms.